The molecule has 0 spiro atoms. The van der Waals surface area contributed by atoms with Gasteiger partial charge in [-0.2, -0.15) is 0 Å². The molecule has 0 radical (unpaired) electrons. The molecule has 20 heavy (non-hydrogen) atoms. The lowest BCUT2D eigenvalue weighted by atomic mass is 10.0. The maximum Gasteiger partial charge on any atom is 0.123 e. The monoisotopic (exact) mass is 267 g/mol. The number of rotatable bonds is 7. The Kier molecular flexibility index (Phi) is 5.39. The Balaban J connectivity index is 2.12. The molecule has 2 nitrogen and oxygen atoms in total. The van der Waals surface area contributed by atoms with Crippen LogP contribution in [-0.4, -0.2) is 7.11 Å². The second-order valence-corrected chi connectivity index (χ2v) is 4.69. The van der Waals surface area contributed by atoms with Gasteiger partial charge in [-0.3, -0.25) is 0 Å². The summed E-state index contributed by atoms with van der Waals surface area (Å²) >= 11 is 0. The minimum atomic E-state index is 0.212. The van der Waals surface area contributed by atoms with E-state index in [4.69, 9.17) is 4.74 Å². The SMILES string of the molecule is C=CC[C@H](NCc1ccccc1)c1ccccc1OC. The van der Waals surface area contributed by atoms with E-state index in [1.54, 1.807) is 7.11 Å². The van der Waals surface area contributed by atoms with Crippen LogP contribution in [0.4, 0.5) is 0 Å². The van der Waals surface area contributed by atoms with Crippen molar-refractivity contribution >= 4 is 0 Å². The van der Waals surface area contributed by atoms with Crippen molar-refractivity contribution in [2.24, 2.45) is 0 Å². The largest absolute Gasteiger partial charge is 0.496 e. The predicted octanol–water partition coefficient (Wildman–Crippen LogP) is 4.10. The Morgan fingerprint density at radius 1 is 1.10 bits per heavy atom. The summed E-state index contributed by atoms with van der Waals surface area (Å²) in [6.45, 7) is 4.69. The molecule has 0 fully saturated rings. The molecule has 0 saturated carbocycles. The van der Waals surface area contributed by atoms with Gasteiger partial charge in [-0.05, 0) is 18.1 Å². The molecule has 2 aromatic carbocycles. The number of hydrogen-bond donors (Lipinski definition) is 1. The van der Waals surface area contributed by atoms with Crippen LogP contribution in [0.25, 0.3) is 0 Å². The Morgan fingerprint density at radius 2 is 1.80 bits per heavy atom. The molecule has 2 aromatic rings. The zero-order chi connectivity index (χ0) is 14.2. The van der Waals surface area contributed by atoms with Gasteiger partial charge < -0.3 is 10.1 Å². The molecule has 0 aliphatic rings. The number of benzene rings is 2. The van der Waals surface area contributed by atoms with Crippen molar-refractivity contribution in [2.45, 2.75) is 19.0 Å². The van der Waals surface area contributed by atoms with Crippen LogP contribution >= 0.6 is 0 Å². The highest BCUT2D eigenvalue weighted by atomic mass is 16.5. The molecular weight excluding hydrogens is 246 g/mol. The van der Waals surface area contributed by atoms with Crippen LogP contribution < -0.4 is 10.1 Å². The molecule has 0 unspecified atom stereocenters. The number of hydrogen-bond acceptors (Lipinski definition) is 2. The van der Waals surface area contributed by atoms with Gasteiger partial charge in [0, 0.05) is 18.2 Å². The fourth-order valence-corrected chi connectivity index (χ4v) is 2.28. The number of methoxy groups -OCH3 is 1. The molecule has 104 valence electrons. The van der Waals surface area contributed by atoms with E-state index in [1.165, 1.54) is 11.1 Å². The highest BCUT2D eigenvalue weighted by molar-refractivity contribution is 5.36. The lowest BCUT2D eigenvalue weighted by Crippen LogP contribution is -2.21. The number of ether oxygens (including phenoxy) is 1. The maximum absolute atomic E-state index is 5.45. The Hall–Kier alpha value is -2.06. The zero-order valence-electron chi connectivity index (χ0n) is 11.9. The average Bonchev–Trinajstić information content (AvgIpc) is 2.52. The second-order valence-electron chi connectivity index (χ2n) is 4.69. The first-order chi connectivity index (χ1) is 9.85. The Bertz CT molecular complexity index is 536. The van der Waals surface area contributed by atoms with Gasteiger partial charge in [0.25, 0.3) is 0 Å². The van der Waals surface area contributed by atoms with Gasteiger partial charge >= 0.3 is 0 Å². The van der Waals surface area contributed by atoms with Crippen molar-refractivity contribution in [3.05, 3.63) is 78.4 Å². The van der Waals surface area contributed by atoms with E-state index in [0.29, 0.717) is 0 Å². The van der Waals surface area contributed by atoms with Crippen LogP contribution in [0.15, 0.2) is 67.3 Å². The molecule has 0 amide bonds. The van der Waals surface area contributed by atoms with Crippen molar-refractivity contribution in [3.8, 4) is 5.75 Å². The molecule has 0 aliphatic heterocycles. The molecule has 1 atom stereocenters. The Morgan fingerprint density at radius 3 is 2.50 bits per heavy atom. The normalized spacial score (nSPS) is 11.8. The lowest BCUT2D eigenvalue weighted by Gasteiger charge is -2.20. The van der Waals surface area contributed by atoms with E-state index in [-0.39, 0.29) is 6.04 Å². The van der Waals surface area contributed by atoms with Gasteiger partial charge in [-0.1, -0.05) is 54.6 Å². The molecule has 2 rings (SSSR count). The molecular formula is C18H21NO. The average molecular weight is 267 g/mol. The lowest BCUT2D eigenvalue weighted by molar-refractivity contribution is 0.398. The van der Waals surface area contributed by atoms with E-state index in [2.05, 4.69) is 42.2 Å². The number of para-hydroxylation sites is 1. The van der Waals surface area contributed by atoms with Crippen molar-refractivity contribution < 1.29 is 4.74 Å². The van der Waals surface area contributed by atoms with Crippen LogP contribution in [0, 0.1) is 0 Å². The van der Waals surface area contributed by atoms with Gasteiger partial charge in [0.05, 0.1) is 7.11 Å². The number of nitrogens with one attached hydrogen (secondary N) is 1. The third-order valence-corrected chi connectivity index (χ3v) is 3.31. The maximum atomic E-state index is 5.45. The highest BCUT2D eigenvalue weighted by Gasteiger charge is 2.13. The predicted molar refractivity (Wildman–Crippen MR) is 83.8 cm³/mol. The van der Waals surface area contributed by atoms with E-state index in [9.17, 15) is 0 Å². The van der Waals surface area contributed by atoms with Gasteiger partial charge in [0.1, 0.15) is 5.75 Å². The summed E-state index contributed by atoms with van der Waals surface area (Å²) < 4.78 is 5.45. The van der Waals surface area contributed by atoms with E-state index in [0.717, 1.165) is 18.7 Å². The molecule has 0 saturated heterocycles. The summed E-state index contributed by atoms with van der Waals surface area (Å²) in [7, 11) is 1.71. The standard InChI is InChI=1S/C18H21NO/c1-3-9-17(16-12-7-8-13-18(16)20-2)19-14-15-10-5-4-6-11-15/h3-8,10-13,17,19H,1,9,14H2,2H3/t17-/m0/s1. The minimum Gasteiger partial charge on any atom is -0.496 e. The van der Waals surface area contributed by atoms with Gasteiger partial charge in [0.2, 0.25) is 0 Å². The van der Waals surface area contributed by atoms with Gasteiger partial charge in [-0.15, -0.1) is 6.58 Å². The van der Waals surface area contributed by atoms with Gasteiger partial charge in [-0.25, -0.2) is 0 Å². The summed E-state index contributed by atoms with van der Waals surface area (Å²) in [5.74, 6) is 0.917. The smallest absolute Gasteiger partial charge is 0.123 e. The van der Waals surface area contributed by atoms with E-state index >= 15 is 0 Å². The van der Waals surface area contributed by atoms with Crippen molar-refractivity contribution in [3.63, 3.8) is 0 Å². The summed E-state index contributed by atoms with van der Waals surface area (Å²) in [4.78, 5) is 0. The molecule has 0 bridgehead atoms. The van der Waals surface area contributed by atoms with Gasteiger partial charge in [0.15, 0.2) is 0 Å². The fraction of sp³-hybridized carbons (Fsp3) is 0.222. The first-order valence-electron chi connectivity index (χ1n) is 6.86. The highest BCUT2D eigenvalue weighted by Crippen LogP contribution is 2.27. The summed E-state index contributed by atoms with van der Waals surface area (Å²) in [5, 5.41) is 3.58. The quantitative estimate of drug-likeness (QED) is 0.762. The van der Waals surface area contributed by atoms with Crippen LogP contribution in [0.3, 0.4) is 0 Å². The topological polar surface area (TPSA) is 21.3 Å². The van der Waals surface area contributed by atoms with Crippen molar-refractivity contribution in [2.75, 3.05) is 7.11 Å². The summed E-state index contributed by atoms with van der Waals surface area (Å²) in [6, 6.07) is 18.7. The fourth-order valence-electron chi connectivity index (χ4n) is 2.28. The summed E-state index contributed by atoms with van der Waals surface area (Å²) in [6.07, 6.45) is 2.81. The van der Waals surface area contributed by atoms with Crippen molar-refractivity contribution in [1.29, 1.82) is 0 Å². The molecule has 0 aromatic heterocycles. The van der Waals surface area contributed by atoms with Crippen LogP contribution in [0.2, 0.25) is 0 Å². The third-order valence-electron chi connectivity index (χ3n) is 3.31. The molecule has 1 N–H and O–H groups in total. The van der Waals surface area contributed by atoms with Crippen LogP contribution in [0.5, 0.6) is 5.75 Å². The first-order valence-corrected chi connectivity index (χ1v) is 6.86. The third kappa shape index (κ3) is 3.72. The van der Waals surface area contributed by atoms with E-state index in [1.807, 2.05) is 30.3 Å². The summed E-state index contributed by atoms with van der Waals surface area (Å²) in [5.41, 5.74) is 2.45. The van der Waals surface area contributed by atoms with Crippen LogP contribution in [-0.2, 0) is 6.54 Å². The second kappa shape index (κ2) is 7.51. The van der Waals surface area contributed by atoms with E-state index < -0.39 is 0 Å². The van der Waals surface area contributed by atoms with Crippen LogP contribution in [0.1, 0.15) is 23.6 Å². The molecule has 0 heterocycles. The first kappa shape index (κ1) is 14.4. The Labute approximate surface area is 121 Å². The minimum absolute atomic E-state index is 0.212. The molecule has 2 heteroatoms. The molecule has 0 aliphatic carbocycles. The zero-order valence-corrected chi connectivity index (χ0v) is 11.9. The van der Waals surface area contributed by atoms with Crippen molar-refractivity contribution in [1.82, 2.24) is 5.32 Å².